The number of aromatic amines is 1. The Kier molecular flexibility index (Phi) is 5.15. The lowest BCUT2D eigenvalue weighted by molar-refractivity contribution is -0.364. The molecule has 0 unspecified atom stereocenters. The van der Waals surface area contributed by atoms with Crippen molar-refractivity contribution < 1.29 is 14.5 Å². The number of urea groups is 1. The summed E-state index contributed by atoms with van der Waals surface area (Å²) in [7, 11) is 0. The third-order valence-corrected chi connectivity index (χ3v) is 4.02. The SMILES string of the molecule is CCOc1ccc(NC(=O)N2CCN(c3cccc[nH+]3)CC2)cc1. The molecule has 126 valence electrons. The summed E-state index contributed by atoms with van der Waals surface area (Å²) in [5, 5.41) is 2.94. The van der Waals surface area contributed by atoms with Crippen molar-refractivity contribution in [2.75, 3.05) is 43.0 Å². The molecule has 2 amide bonds. The summed E-state index contributed by atoms with van der Waals surface area (Å²) in [5.74, 6) is 1.90. The number of aromatic nitrogens is 1. The van der Waals surface area contributed by atoms with E-state index in [2.05, 4.69) is 21.3 Å². The number of hydrogen-bond acceptors (Lipinski definition) is 3. The highest BCUT2D eigenvalue weighted by atomic mass is 16.5. The average Bonchev–Trinajstić information content (AvgIpc) is 2.64. The summed E-state index contributed by atoms with van der Waals surface area (Å²) in [5.41, 5.74) is 0.780. The van der Waals surface area contributed by atoms with Crippen LogP contribution in [0.2, 0.25) is 0 Å². The van der Waals surface area contributed by atoms with E-state index in [1.165, 1.54) is 0 Å². The molecule has 24 heavy (non-hydrogen) atoms. The van der Waals surface area contributed by atoms with E-state index < -0.39 is 0 Å². The maximum Gasteiger partial charge on any atom is 0.322 e. The number of carbonyl (C=O) groups excluding carboxylic acids is 1. The third kappa shape index (κ3) is 3.95. The minimum absolute atomic E-state index is 0.0594. The van der Waals surface area contributed by atoms with Crippen LogP contribution in [-0.2, 0) is 0 Å². The van der Waals surface area contributed by atoms with Gasteiger partial charge >= 0.3 is 6.03 Å². The molecule has 6 heteroatoms. The van der Waals surface area contributed by atoms with Crippen molar-refractivity contribution in [2.45, 2.75) is 6.92 Å². The molecule has 1 saturated heterocycles. The van der Waals surface area contributed by atoms with Gasteiger partial charge in [0.05, 0.1) is 25.9 Å². The number of amides is 2. The Bertz CT molecular complexity index is 652. The fourth-order valence-corrected chi connectivity index (χ4v) is 2.73. The highest BCUT2D eigenvalue weighted by Crippen LogP contribution is 2.17. The second kappa shape index (κ2) is 7.68. The maximum atomic E-state index is 12.4. The van der Waals surface area contributed by atoms with E-state index in [-0.39, 0.29) is 6.03 Å². The number of hydrogen-bond donors (Lipinski definition) is 1. The minimum atomic E-state index is -0.0594. The quantitative estimate of drug-likeness (QED) is 0.937. The number of carbonyl (C=O) groups is 1. The Labute approximate surface area is 142 Å². The Morgan fingerprint density at radius 3 is 2.50 bits per heavy atom. The van der Waals surface area contributed by atoms with Gasteiger partial charge in [0.2, 0.25) is 0 Å². The molecule has 1 aliphatic rings. The lowest BCUT2D eigenvalue weighted by Crippen LogP contribution is -2.51. The van der Waals surface area contributed by atoms with Crippen molar-refractivity contribution >= 4 is 17.5 Å². The molecule has 0 atom stereocenters. The van der Waals surface area contributed by atoms with Gasteiger partial charge in [0.15, 0.2) is 0 Å². The summed E-state index contributed by atoms with van der Waals surface area (Å²) < 4.78 is 5.40. The first kappa shape index (κ1) is 16.1. The zero-order valence-corrected chi connectivity index (χ0v) is 13.9. The number of benzene rings is 1. The summed E-state index contributed by atoms with van der Waals surface area (Å²) in [6.45, 7) is 5.61. The smallest absolute Gasteiger partial charge is 0.322 e. The van der Waals surface area contributed by atoms with Crippen molar-refractivity contribution in [3.8, 4) is 5.75 Å². The Morgan fingerprint density at radius 2 is 1.88 bits per heavy atom. The predicted molar refractivity (Wildman–Crippen MR) is 93.4 cm³/mol. The van der Waals surface area contributed by atoms with Gasteiger partial charge in [-0.2, -0.15) is 0 Å². The van der Waals surface area contributed by atoms with Crippen molar-refractivity contribution in [1.29, 1.82) is 0 Å². The molecule has 0 aliphatic carbocycles. The average molecular weight is 327 g/mol. The van der Waals surface area contributed by atoms with Gasteiger partial charge < -0.3 is 15.0 Å². The van der Waals surface area contributed by atoms with Crippen LogP contribution in [-0.4, -0.2) is 43.7 Å². The van der Waals surface area contributed by atoms with Crippen molar-refractivity contribution in [3.63, 3.8) is 0 Å². The normalized spacial score (nSPS) is 14.4. The molecular formula is C18H23N4O2+. The van der Waals surface area contributed by atoms with Crippen LogP contribution in [0.4, 0.5) is 16.3 Å². The van der Waals surface area contributed by atoms with E-state index in [0.717, 1.165) is 30.3 Å². The summed E-state index contributed by atoms with van der Waals surface area (Å²) >= 11 is 0. The first-order valence-corrected chi connectivity index (χ1v) is 8.26. The van der Waals surface area contributed by atoms with Gasteiger partial charge in [-0.05, 0) is 37.3 Å². The number of nitrogens with one attached hydrogen (secondary N) is 2. The number of rotatable bonds is 4. The van der Waals surface area contributed by atoms with E-state index in [4.69, 9.17) is 4.74 Å². The van der Waals surface area contributed by atoms with Crippen molar-refractivity contribution in [2.24, 2.45) is 0 Å². The van der Waals surface area contributed by atoms with Crippen molar-refractivity contribution in [1.82, 2.24) is 4.90 Å². The minimum Gasteiger partial charge on any atom is -0.494 e. The largest absolute Gasteiger partial charge is 0.494 e. The zero-order chi connectivity index (χ0) is 16.8. The van der Waals surface area contributed by atoms with Gasteiger partial charge in [-0.3, -0.25) is 4.90 Å². The van der Waals surface area contributed by atoms with Gasteiger partial charge in [0.1, 0.15) is 18.8 Å². The second-order valence-electron chi connectivity index (χ2n) is 5.61. The molecule has 3 rings (SSSR count). The molecule has 2 heterocycles. The molecule has 0 spiro atoms. The topological polar surface area (TPSA) is 59.0 Å². The summed E-state index contributed by atoms with van der Waals surface area (Å²) in [6.07, 6.45) is 1.92. The lowest BCUT2D eigenvalue weighted by Gasteiger charge is -2.31. The van der Waals surface area contributed by atoms with E-state index >= 15 is 0 Å². The van der Waals surface area contributed by atoms with E-state index in [1.54, 1.807) is 0 Å². The fourth-order valence-electron chi connectivity index (χ4n) is 2.73. The molecular weight excluding hydrogens is 304 g/mol. The standard InChI is InChI=1S/C18H22N4O2/c1-2-24-16-8-6-15(7-9-16)20-18(23)22-13-11-21(12-14-22)17-5-3-4-10-19-17/h3-10H,2,11-14H2,1H3,(H,20,23)/p+1. The van der Waals surface area contributed by atoms with Crippen molar-refractivity contribution in [3.05, 3.63) is 48.7 Å². The van der Waals surface area contributed by atoms with Gasteiger partial charge in [-0.15, -0.1) is 0 Å². The second-order valence-corrected chi connectivity index (χ2v) is 5.61. The predicted octanol–water partition coefficient (Wildman–Crippen LogP) is 2.25. The van der Waals surface area contributed by atoms with Crippen LogP contribution >= 0.6 is 0 Å². The zero-order valence-electron chi connectivity index (χ0n) is 13.9. The van der Waals surface area contributed by atoms with Gasteiger partial charge in [-0.1, -0.05) is 6.07 Å². The van der Waals surface area contributed by atoms with Gasteiger partial charge in [-0.25, -0.2) is 9.78 Å². The summed E-state index contributed by atoms with van der Waals surface area (Å²) in [6, 6.07) is 13.4. The maximum absolute atomic E-state index is 12.4. The number of pyridine rings is 1. The number of ether oxygens (including phenoxy) is 1. The highest BCUT2D eigenvalue weighted by molar-refractivity contribution is 5.89. The number of piperazine rings is 1. The lowest BCUT2D eigenvalue weighted by atomic mass is 10.3. The van der Waals surface area contributed by atoms with Crippen LogP contribution in [0.15, 0.2) is 48.7 Å². The summed E-state index contributed by atoms with van der Waals surface area (Å²) in [4.78, 5) is 19.7. The van der Waals surface area contributed by atoms with Crippen LogP contribution in [0.3, 0.4) is 0 Å². The molecule has 0 bridgehead atoms. The molecule has 6 nitrogen and oxygen atoms in total. The van der Waals surface area contributed by atoms with Crippen LogP contribution in [0.1, 0.15) is 6.92 Å². The monoisotopic (exact) mass is 327 g/mol. The van der Waals surface area contributed by atoms with Crippen LogP contribution < -0.4 is 19.9 Å². The number of anilines is 2. The molecule has 2 aromatic rings. The first-order valence-electron chi connectivity index (χ1n) is 8.26. The Balaban J connectivity index is 1.51. The fraction of sp³-hybridized carbons (Fsp3) is 0.333. The van der Waals surface area contributed by atoms with Crippen LogP contribution in [0.5, 0.6) is 5.75 Å². The van der Waals surface area contributed by atoms with E-state index in [1.807, 2.05) is 54.4 Å². The molecule has 1 aliphatic heterocycles. The van der Waals surface area contributed by atoms with Crippen LogP contribution in [0, 0.1) is 0 Å². The molecule has 1 aromatic heterocycles. The molecule has 1 fully saturated rings. The van der Waals surface area contributed by atoms with E-state index in [9.17, 15) is 4.79 Å². The van der Waals surface area contributed by atoms with Gasteiger partial charge in [0, 0.05) is 11.8 Å². The highest BCUT2D eigenvalue weighted by Gasteiger charge is 2.25. The van der Waals surface area contributed by atoms with E-state index in [0.29, 0.717) is 19.7 Å². The molecule has 0 saturated carbocycles. The number of nitrogens with zero attached hydrogens (tertiary/aromatic N) is 2. The third-order valence-electron chi connectivity index (χ3n) is 4.02. The van der Waals surface area contributed by atoms with Gasteiger partial charge in [0.25, 0.3) is 5.82 Å². The Morgan fingerprint density at radius 1 is 1.12 bits per heavy atom. The molecule has 1 aromatic carbocycles. The molecule has 2 N–H and O–H groups in total. The Hall–Kier alpha value is -2.76. The number of H-pyrrole nitrogens is 1. The molecule has 0 radical (unpaired) electrons. The first-order chi connectivity index (χ1) is 11.8. The van der Waals surface area contributed by atoms with Crippen LogP contribution in [0.25, 0.3) is 0 Å².